The number of halogens is 4. The van der Waals surface area contributed by atoms with E-state index in [0.29, 0.717) is 13.0 Å². The Labute approximate surface area is 83.4 Å². The first kappa shape index (κ1) is 19.1. The van der Waals surface area contributed by atoms with Crippen molar-refractivity contribution in [3.05, 3.63) is 10.4 Å². The molecule has 0 saturated heterocycles. The largest absolute Gasteiger partial charge is 0.466 e. The van der Waals surface area contributed by atoms with Crippen molar-refractivity contribution in [2.75, 3.05) is 6.61 Å². The van der Waals surface area contributed by atoms with Crippen LogP contribution in [0.4, 0.5) is 18.3 Å². The molecule has 0 aliphatic rings. The summed E-state index contributed by atoms with van der Waals surface area (Å²) >= 11 is 0. The monoisotopic (exact) mass is 233 g/mol. The lowest BCUT2D eigenvalue weighted by atomic mass is 10.2. The molecule has 0 heterocycles. The number of carbonyl (C=O) groups is 1. The number of hydrogen-bond acceptors (Lipinski definition) is 3. The van der Waals surface area contributed by atoms with Crippen LogP contribution >= 0.6 is 0 Å². The zero-order chi connectivity index (χ0) is 12.7. The highest BCUT2D eigenvalue weighted by Gasteiger charge is 2.14. The molecule has 0 aliphatic heterocycles. The fourth-order valence-electron chi connectivity index (χ4n) is 0.596. The van der Waals surface area contributed by atoms with Gasteiger partial charge in [-0.15, -0.1) is 0 Å². The number of ether oxygens (including phenoxy) is 1. The summed E-state index contributed by atoms with van der Waals surface area (Å²) in [6.07, 6.45) is 0.475. The number of azide groups is 1. The minimum absolute atomic E-state index is 0.316. The fourth-order valence-corrected chi connectivity index (χ4v) is 0.596. The van der Waals surface area contributed by atoms with Gasteiger partial charge in [-0.25, -0.2) is 0 Å². The second-order valence-electron chi connectivity index (χ2n) is 1.88. The van der Waals surface area contributed by atoms with E-state index in [2.05, 4.69) is 14.8 Å². The first-order valence-electron chi connectivity index (χ1n) is 3.75. The van der Waals surface area contributed by atoms with Crippen LogP contribution in [0.25, 0.3) is 10.4 Å². The van der Waals surface area contributed by atoms with E-state index >= 15 is 0 Å². The SMILES string of the molecule is CCOC(=O)C(CC)N=[N+]=[N-].FF.FF. The Hall–Kier alpha value is -1.50. The molecule has 1 unspecified atom stereocenters. The summed E-state index contributed by atoms with van der Waals surface area (Å²) in [7, 11) is 0. The van der Waals surface area contributed by atoms with E-state index in [-0.39, 0.29) is 0 Å². The topological polar surface area (TPSA) is 75.1 Å². The first-order valence-corrected chi connectivity index (χ1v) is 3.75. The van der Waals surface area contributed by atoms with Gasteiger partial charge in [0.1, 0.15) is 6.04 Å². The van der Waals surface area contributed by atoms with Gasteiger partial charge in [0.2, 0.25) is 0 Å². The van der Waals surface area contributed by atoms with Gasteiger partial charge in [-0.05, 0) is 18.9 Å². The summed E-state index contributed by atoms with van der Waals surface area (Å²) in [5.41, 5.74) is 8.04. The molecule has 0 saturated carbocycles. The van der Waals surface area contributed by atoms with Crippen LogP contribution < -0.4 is 0 Å². The zero-order valence-electron chi connectivity index (χ0n) is 8.16. The molecule has 0 radical (unpaired) electrons. The van der Waals surface area contributed by atoms with Crippen LogP contribution in [0.15, 0.2) is 5.11 Å². The van der Waals surface area contributed by atoms with E-state index in [1.54, 1.807) is 13.8 Å². The van der Waals surface area contributed by atoms with E-state index in [4.69, 9.17) is 23.8 Å². The average Bonchev–Trinajstić information content (AvgIpc) is 2.31. The summed E-state index contributed by atoms with van der Waals surface area (Å²) in [6, 6.07) is -0.667. The lowest BCUT2D eigenvalue weighted by Crippen LogP contribution is -2.19. The zero-order valence-corrected chi connectivity index (χ0v) is 8.16. The van der Waals surface area contributed by atoms with Gasteiger partial charge in [0.15, 0.2) is 0 Å². The predicted octanol–water partition coefficient (Wildman–Crippen LogP) is 3.32. The second-order valence-corrected chi connectivity index (χ2v) is 1.88. The summed E-state index contributed by atoms with van der Waals surface area (Å²) in [4.78, 5) is 13.4. The van der Waals surface area contributed by atoms with Crippen molar-refractivity contribution >= 4 is 5.97 Å². The Morgan fingerprint density at radius 2 is 1.87 bits per heavy atom. The molecule has 0 N–H and O–H groups in total. The quantitative estimate of drug-likeness (QED) is 0.245. The minimum Gasteiger partial charge on any atom is -0.466 e. The number of esters is 1. The second kappa shape index (κ2) is 18.3. The number of rotatable bonds is 4. The van der Waals surface area contributed by atoms with Crippen LogP contribution in [0.2, 0.25) is 0 Å². The third kappa shape index (κ3) is 12.5. The van der Waals surface area contributed by atoms with Gasteiger partial charge in [0.05, 0.1) is 6.61 Å². The van der Waals surface area contributed by atoms with Crippen LogP contribution in [0, 0.1) is 0 Å². The molecule has 0 aromatic heterocycles. The van der Waals surface area contributed by atoms with Gasteiger partial charge in [0.25, 0.3) is 0 Å². The van der Waals surface area contributed by atoms with Crippen LogP contribution in [-0.4, -0.2) is 18.6 Å². The summed E-state index contributed by atoms with van der Waals surface area (Å²) in [5, 5.41) is 3.27. The highest BCUT2D eigenvalue weighted by Crippen LogP contribution is 2.00. The Kier molecular flexibility index (Phi) is 23.4. The molecule has 0 fully saturated rings. The maximum atomic E-state index is 10.9. The van der Waals surface area contributed by atoms with Crippen LogP contribution in [0.5, 0.6) is 0 Å². The van der Waals surface area contributed by atoms with Crippen molar-refractivity contribution in [1.82, 2.24) is 0 Å². The highest BCUT2D eigenvalue weighted by molar-refractivity contribution is 5.75. The number of carbonyl (C=O) groups excluding carboxylic acids is 1. The average molecular weight is 233 g/mol. The minimum atomic E-state index is -0.667. The number of hydrogen-bond donors (Lipinski definition) is 0. The molecular formula is C6H11F4N3O2. The van der Waals surface area contributed by atoms with Crippen molar-refractivity contribution in [2.24, 2.45) is 5.11 Å². The van der Waals surface area contributed by atoms with Gasteiger partial charge >= 0.3 is 5.97 Å². The van der Waals surface area contributed by atoms with Crippen molar-refractivity contribution in [1.29, 1.82) is 0 Å². The molecule has 1 atom stereocenters. The number of nitrogens with zero attached hydrogens (tertiary/aromatic N) is 3. The summed E-state index contributed by atoms with van der Waals surface area (Å²) in [5.74, 6) is -0.451. The van der Waals surface area contributed by atoms with Crippen LogP contribution in [-0.2, 0) is 9.53 Å². The van der Waals surface area contributed by atoms with E-state index in [1.165, 1.54) is 0 Å². The molecule has 0 aromatic carbocycles. The molecule has 0 bridgehead atoms. The van der Waals surface area contributed by atoms with Gasteiger partial charge in [-0.3, -0.25) is 4.79 Å². The summed E-state index contributed by atoms with van der Waals surface area (Å²) < 4.78 is 36.6. The molecule has 0 aromatic rings. The van der Waals surface area contributed by atoms with Gasteiger partial charge in [-0.1, -0.05) is 12.0 Å². The van der Waals surface area contributed by atoms with Crippen molar-refractivity contribution in [2.45, 2.75) is 26.3 Å². The third-order valence-electron chi connectivity index (χ3n) is 1.14. The van der Waals surface area contributed by atoms with E-state index in [0.717, 1.165) is 0 Å². The normalized spacial score (nSPS) is 9.20. The molecule has 0 aliphatic carbocycles. The first-order chi connectivity index (χ1) is 7.26. The molecule has 0 rings (SSSR count). The smallest absolute Gasteiger partial charge is 0.314 e. The van der Waals surface area contributed by atoms with E-state index in [9.17, 15) is 4.79 Å². The molecule has 15 heavy (non-hydrogen) atoms. The Bertz CT molecular complexity index is 187. The maximum Gasteiger partial charge on any atom is 0.314 e. The molecule has 90 valence electrons. The van der Waals surface area contributed by atoms with Crippen LogP contribution in [0.1, 0.15) is 20.3 Å². The standard InChI is InChI=1S/C6H11N3O2.2F2/c1-3-5(8-9-7)6(10)11-4-2;2*1-2/h5H,3-4H2,1-2H3;;. The Balaban J connectivity index is -0.000000318. The molecule has 0 amide bonds. The lowest BCUT2D eigenvalue weighted by molar-refractivity contribution is -0.144. The maximum absolute atomic E-state index is 10.9. The third-order valence-corrected chi connectivity index (χ3v) is 1.14. The fraction of sp³-hybridized carbons (Fsp3) is 0.833. The van der Waals surface area contributed by atoms with Crippen molar-refractivity contribution in [3.63, 3.8) is 0 Å². The molecule has 0 spiro atoms. The van der Waals surface area contributed by atoms with Gasteiger partial charge in [-0.2, -0.15) is 0 Å². The highest BCUT2D eigenvalue weighted by atomic mass is 20.0. The molecular weight excluding hydrogens is 222 g/mol. The van der Waals surface area contributed by atoms with E-state index in [1.807, 2.05) is 0 Å². The Morgan fingerprint density at radius 3 is 2.13 bits per heavy atom. The van der Waals surface area contributed by atoms with Crippen molar-refractivity contribution in [3.8, 4) is 0 Å². The van der Waals surface area contributed by atoms with Crippen LogP contribution in [0.3, 0.4) is 0 Å². The summed E-state index contributed by atoms with van der Waals surface area (Å²) in [6.45, 7) is 3.78. The van der Waals surface area contributed by atoms with Gasteiger partial charge < -0.3 is 4.74 Å². The van der Waals surface area contributed by atoms with E-state index < -0.39 is 12.0 Å². The molecule has 5 nitrogen and oxygen atoms in total. The predicted molar refractivity (Wildman–Crippen MR) is 44.3 cm³/mol. The molecule has 9 heteroatoms. The van der Waals surface area contributed by atoms with Gasteiger partial charge in [0, 0.05) is 23.2 Å². The Morgan fingerprint density at radius 1 is 1.40 bits per heavy atom. The van der Waals surface area contributed by atoms with Crippen molar-refractivity contribution < 1.29 is 27.8 Å². The lowest BCUT2D eigenvalue weighted by Gasteiger charge is -2.05.